The minimum atomic E-state index is -0.850. The van der Waals surface area contributed by atoms with Crippen molar-refractivity contribution in [1.82, 2.24) is 5.32 Å². The smallest absolute Gasteiger partial charge is 0.396 e. The van der Waals surface area contributed by atoms with Crippen molar-refractivity contribution < 1.29 is 14.3 Å². The summed E-state index contributed by atoms with van der Waals surface area (Å²) in [6.45, 7) is 6.16. The number of carbonyl (C=O) groups excluding carboxylic acids is 2. The quantitative estimate of drug-likeness (QED) is 0.445. The molecular formula is C7H15NO3. The van der Waals surface area contributed by atoms with E-state index in [1.54, 1.807) is 6.92 Å². The summed E-state index contributed by atoms with van der Waals surface area (Å²) in [6, 6.07) is 0. The Balaban J connectivity index is 0. The molecule has 0 rings (SSSR count). The molecule has 66 valence electrons. The summed E-state index contributed by atoms with van der Waals surface area (Å²) in [4.78, 5) is 20.7. The minimum Gasteiger partial charge on any atom is -0.462 e. The first-order valence-corrected chi connectivity index (χ1v) is 3.58. The molecule has 0 spiro atoms. The molecule has 0 bridgehead atoms. The van der Waals surface area contributed by atoms with Gasteiger partial charge in [-0.3, -0.25) is 4.79 Å². The molecule has 4 heteroatoms. The maximum Gasteiger partial charge on any atom is 0.396 e. The Labute approximate surface area is 66.9 Å². The van der Waals surface area contributed by atoms with Gasteiger partial charge in [0.2, 0.25) is 0 Å². The first-order chi connectivity index (χ1) is 5.22. The van der Waals surface area contributed by atoms with Crippen molar-refractivity contribution in [2.24, 2.45) is 0 Å². The molecule has 0 aromatic heterocycles. The largest absolute Gasteiger partial charge is 0.462 e. The number of hydrogen-bond acceptors (Lipinski definition) is 3. The van der Waals surface area contributed by atoms with Gasteiger partial charge in [0.1, 0.15) is 0 Å². The van der Waals surface area contributed by atoms with E-state index < -0.39 is 11.9 Å². The Hall–Kier alpha value is -1.06. The molecular weight excluding hydrogens is 146 g/mol. The Bertz CT molecular complexity index is 123. The van der Waals surface area contributed by atoms with E-state index in [2.05, 4.69) is 10.1 Å². The molecule has 0 fully saturated rings. The standard InChI is InChI=1S/C5H9NO3.C2H6/c1-3-6-4(7)5(8)9-2;1-2/h3H2,1-2H3,(H,6,7);1-2H3. The zero-order valence-corrected chi connectivity index (χ0v) is 7.43. The zero-order valence-electron chi connectivity index (χ0n) is 7.43. The summed E-state index contributed by atoms with van der Waals surface area (Å²) in [5.74, 6) is -1.54. The van der Waals surface area contributed by atoms with Gasteiger partial charge in [0.05, 0.1) is 7.11 Å². The predicted molar refractivity (Wildman–Crippen MR) is 42.0 cm³/mol. The van der Waals surface area contributed by atoms with Crippen LogP contribution in [-0.2, 0) is 14.3 Å². The third kappa shape index (κ3) is 6.83. The van der Waals surface area contributed by atoms with Gasteiger partial charge in [0, 0.05) is 6.54 Å². The van der Waals surface area contributed by atoms with Crippen LogP contribution < -0.4 is 5.32 Å². The van der Waals surface area contributed by atoms with Crippen molar-refractivity contribution in [2.45, 2.75) is 20.8 Å². The van der Waals surface area contributed by atoms with Crippen LogP contribution in [0.4, 0.5) is 0 Å². The van der Waals surface area contributed by atoms with E-state index in [0.29, 0.717) is 6.54 Å². The highest BCUT2D eigenvalue weighted by Gasteiger charge is 2.10. The second kappa shape index (κ2) is 8.94. The Morgan fingerprint density at radius 3 is 2.09 bits per heavy atom. The first-order valence-electron chi connectivity index (χ1n) is 3.58. The Morgan fingerprint density at radius 2 is 1.82 bits per heavy atom. The van der Waals surface area contributed by atoms with E-state index in [1.165, 1.54) is 0 Å². The van der Waals surface area contributed by atoms with Gasteiger partial charge in [-0.25, -0.2) is 4.79 Å². The fourth-order valence-electron chi connectivity index (χ4n) is 0.325. The lowest BCUT2D eigenvalue weighted by Gasteiger charge is -1.96. The fourth-order valence-corrected chi connectivity index (χ4v) is 0.325. The third-order valence-electron chi connectivity index (χ3n) is 0.708. The van der Waals surface area contributed by atoms with Crippen molar-refractivity contribution in [3.8, 4) is 0 Å². The van der Waals surface area contributed by atoms with Gasteiger partial charge >= 0.3 is 11.9 Å². The normalized spacial score (nSPS) is 7.27. The summed E-state index contributed by atoms with van der Waals surface area (Å²) in [5, 5.41) is 2.28. The van der Waals surface area contributed by atoms with Crippen molar-refractivity contribution in [1.29, 1.82) is 0 Å². The van der Waals surface area contributed by atoms with Crippen LogP contribution in [0.2, 0.25) is 0 Å². The maximum absolute atomic E-state index is 10.4. The lowest BCUT2D eigenvalue weighted by atomic mass is 10.6. The Kier molecular flexibility index (Phi) is 10.2. The summed E-state index contributed by atoms with van der Waals surface area (Å²) >= 11 is 0. The van der Waals surface area contributed by atoms with Gasteiger partial charge in [-0.15, -0.1) is 0 Å². The number of carbonyl (C=O) groups is 2. The molecule has 0 aliphatic rings. The van der Waals surface area contributed by atoms with Crippen LogP contribution in [0.1, 0.15) is 20.8 Å². The highest BCUT2D eigenvalue weighted by atomic mass is 16.5. The topological polar surface area (TPSA) is 55.4 Å². The van der Waals surface area contributed by atoms with E-state index >= 15 is 0 Å². The second-order valence-electron chi connectivity index (χ2n) is 1.35. The highest BCUT2D eigenvalue weighted by Crippen LogP contribution is 1.71. The van der Waals surface area contributed by atoms with Gasteiger partial charge in [-0.1, -0.05) is 13.8 Å². The number of amides is 1. The average molecular weight is 161 g/mol. The molecule has 0 saturated heterocycles. The molecule has 0 aliphatic carbocycles. The molecule has 0 radical (unpaired) electrons. The number of methoxy groups -OCH3 is 1. The SMILES string of the molecule is CC.CCNC(=O)C(=O)OC. The minimum absolute atomic E-state index is 0.438. The van der Waals surface area contributed by atoms with Crippen LogP contribution in [-0.4, -0.2) is 25.5 Å². The number of likely N-dealkylation sites (N-methyl/N-ethyl adjacent to an activating group) is 1. The summed E-state index contributed by atoms with van der Waals surface area (Å²) < 4.78 is 4.11. The number of hydrogen-bond donors (Lipinski definition) is 1. The van der Waals surface area contributed by atoms with Crippen molar-refractivity contribution in [3.05, 3.63) is 0 Å². The van der Waals surface area contributed by atoms with Crippen molar-refractivity contribution in [2.75, 3.05) is 13.7 Å². The van der Waals surface area contributed by atoms with Crippen LogP contribution in [0, 0.1) is 0 Å². The molecule has 0 aromatic carbocycles. The van der Waals surface area contributed by atoms with Crippen LogP contribution in [0.3, 0.4) is 0 Å². The lowest BCUT2D eigenvalue weighted by Crippen LogP contribution is -2.31. The van der Waals surface area contributed by atoms with Gasteiger partial charge in [0.15, 0.2) is 0 Å². The van der Waals surface area contributed by atoms with Gasteiger partial charge < -0.3 is 10.1 Å². The fraction of sp³-hybridized carbons (Fsp3) is 0.714. The number of esters is 1. The van der Waals surface area contributed by atoms with Crippen LogP contribution in [0.25, 0.3) is 0 Å². The number of ether oxygens (including phenoxy) is 1. The molecule has 0 aliphatic heterocycles. The van der Waals surface area contributed by atoms with Crippen LogP contribution in [0.5, 0.6) is 0 Å². The Morgan fingerprint density at radius 1 is 1.36 bits per heavy atom. The monoisotopic (exact) mass is 161 g/mol. The third-order valence-corrected chi connectivity index (χ3v) is 0.708. The molecule has 1 N–H and O–H groups in total. The van der Waals surface area contributed by atoms with E-state index in [1.807, 2.05) is 13.8 Å². The molecule has 0 unspecified atom stereocenters. The van der Waals surface area contributed by atoms with E-state index in [0.717, 1.165) is 7.11 Å². The summed E-state index contributed by atoms with van der Waals surface area (Å²) in [7, 11) is 1.16. The van der Waals surface area contributed by atoms with Crippen LogP contribution in [0.15, 0.2) is 0 Å². The highest BCUT2D eigenvalue weighted by molar-refractivity contribution is 6.32. The van der Waals surface area contributed by atoms with Gasteiger partial charge in [-0.2, -0.15) is 0 Å². The summed E-state index contributed by atoms with van der Waals surface area (Å²) in [5.41, 5.74) is 0. The predicted octanol–water partition coefficient (Wildman–Crippen LogP) is 0.322. The summed E-state index contributed by atoms with van der Waals surface area (Å²) in [6.07, 6.45) is 0. The molecule has 11 heavy (non-hydrogen) atoms. The zero-order chi connectivity index (χ0) is 9.28. The first kappa shape index (κ1) is 12.6. The molecule has 0 saturated carbocycles. The van der Waals surface area contributed by atoms with Gasteiger partial charge in [-0.05, 0) is 6.92 Å². The van der Waals surface area contributed by atoms with E-state index in [4.69, 9.17) is 0 Å². The van der Waals surface area contributed by atoms with E-state index in [9.17, 15) is 9.59 Å². The van der Waals surface area contributed by atoms with Crippen molar-refractivity contribution in [3.63, 3.8) is 0 Å². The van der Waals surface area contributed by atoms with Crippen LogP contribution >= 0.6 is 0 Å². The average Bonchev–Trinajstić information content (AvgIpc) is 2.07. The molecule has 0 atom stereocenters. The second-order valence-corrected chi connectivity index (χ2v) is 1.35. The van der Waals surface area contributed by atoms with Crippen molar-refractivity contribution >= 4 is 11.9 Å². The maximum atomic E-state index is 10.4. The molecule has 0 aromatic rings. The van der Waals surface area contributed by atoms with Gasteiger partial charge in [0.25, 0.3) is 0 Å². The van der Waals surface area contributed by atoms with E-state index in [-0.39, 0.29) is 0 Å². The molecule has 4 nitrogen and oxygen atoms in total. The molecule has 0 heterocycles. The number of nitrogens with one attached hydrogen (secondary N) is 1. The lowest BCUT2D eigenvalue weighted by molar-refractivity contribution is -0.152. The number of rotatable bonds is 1. The molecule has 1 amide bonds.